The molecule has 1 aliphatic rings. The van der Waals surface area contributed by atoms with Gasteiger partial charge in [-0.2, -0.15) is 5.10 Å². The highest BCUT2D eigenvalue weighted by Gasteiger charge is 2.36. The van der Waals surface area contributed by atoms with Crippen molar-refractivity contribution in [2.45, 2.75) is 32.8 Å². The first kappa shape index (κ1) is 15.3. The lowest BCUT2D eigenvalue weighted by molar-refractivity contribution is -0.143. The van der Waals surface area contributed by atoms with Crippen molar-refractivity contribution in [3.05, 3.63) is 58.7 Å². The Morgan fingerprint density at radius 3 is 2.74 bits per heavy atom. The topological polar surface area (TPSA) is 67.0 Å². The maximum atomic E-state index is 14.4. The van der Waals surface area contributed by atoms with Gasteiger partial charge in [-0.3, -0.25) is 5.10 Å². The van der Waals surface area contributed by atoms with Crippen LogP contribution in [0.2, 0.25) is 0 Å². The Morgan fingerprint density at radius 1 is 1.30 bits per heavy atom. The average molecular weight is 315 g/mol. The van der Waals surface area contributed by atoms with Gasteiger partial charge < -0.3 is 10.1 Å². The molecule has 0 fully saturated rings. The van der Waals surface area contributed by atoms with Crippen LogP contribution in [0, 0.1) is 5.82 Å². The lowest BCUT2D eigenvalue weighted by Gasteiger charge is -2.27. The summed E-state index contributed by atoms with van der Waals surface area (Å²) in [7, 11) is 0. The van der Waals surface area contributed by atoms with Gasteiger partial charge in [0, 0.05) is 23.0 Å². The standard InChI is InChI=1S/C17H18FN3O2/c1-9(2)23-17(22)14-10(3)20-16-12(8-19-21-16)15(14)11-6-4-5-7-13(11)18/h4-9,15H,1-3H3,(H2,19,20,21). The van der Waals surface area contributed by atoms with Crippen LogP contribution in [0.5, 0.6) is 0 Å². The number of rotatable bonds is 3. The molecule has 23 heavy (non-hydrogen) atoms. The summed E-state index contributed by atoms with van der Waals surface area (Å²) in [6.45, 7) is 5.33. The lowest BCUT2D eigenvalue weighted by atomic mass is 9.82. The zero-order chi connectivity index (χ0) is 16.6. The molecular weight excluding hydrogens is 297 g/mol. The maximum absolute atomic E-state index is 14.4. The molecule has 0 spiro atoms. The number of halogens is 1. The molecule has 0 saturated heterocycles. The molecule has 1 aromatic heterocycles. The van der Waals surface area contributed by atoms with Gasteiger partial charge in [0.25, 0.3) is 0 Å². The molecule has 0 bridgehead atoms. The predicted octanol–water partition coefficient (Wildman–Crippen LogP) is 3.33. The Labute approximate surface area is 133 Å². The third-order valence-electron chi connectivity index (χ3n) is 3.76. The first-order chi connectivity index (χ1) is 11.0. The van der Waals surface area contributed by atoms with Crippen LogP contribution in [0.25, 0.3) is 0 Å². The second-order valence-electron chi connectivity index (χ2n) is 5.76. The van der Waals surface area contributed by atoms with Gasteiger partial charge in [-0.1, -0.05) is 18.2 Å². The number of benzene rings is 1. The summed E-state index contributed by atoms with van der Waals surface area (Å²) < 4.78 is 19.7. The molecule has 5 nitrogen and oxygen atoms in total. The van der Waals surface area contributed by atoms with Gasteiger partial charge in [0.2, 0.25) is 0 Å². The second kappa shape index (κ2) is 5.87. The molecule has 120 valence electrons. The van der Waals surface area contributed by atoms with E-state index in [2.05, 4.69) is 15.5 Å². The van der Waals surface area contributed by atoms with Gasteiger partial charge in [-0.05, 0) is 26.8 Å². The van der Waals surface area contributed by atoms with Crippen LogP contribution in [0.4, 0.5) is 10.2 Å². The Balaban J connectivity index is 2.15. The van der Waals surface area contributed by atoms with Crippen molar-refractivity contribution in [2.24, 2.45) is 0 Å². The van der Waals surface area contributed by atoms with E-state index < -0.39 is 11.9 Å². The molecule has 1 unspecified atom stereocenters. The molecule has 1 aromatic carbocycles. The number of hydrogen-bond donors (Lipinski definition) is 2. The number of anilines is 1. The van der Waals surface area contributed by atoms with Crippen LogP contribution >= 0.6 is 0 Å². The molecule has 1 atom stereocenters. The molecule has 2 aromatic rings. The van der Waals surface area contributed by atoms with Crippen molar-refractivity contribution in [3.63, 3.8) is 0 Å². The van der Waals surface area contributed by atoms with Crippen molar-refractivity contribution >= 4 is 11.8 Å². The smallest absolute Gasteiger partial charge is 0.337 e. The number of fused-ring (bicyclic) bond motifs is 1. The zero-order valence-electron chi connectivity index (χ0n) is 13.2. The monoisotopic (exact) mass is 315 g/mol. The number of H-pyrrole nitrogens is 1. The summed E-state index contributed by atoms with van der Waals surface area (Å²) >= 11 is 0. The zero-order valence-corrected chi connectivity index (χ0v) is 13.2. The summed E-state index contributed by atoms with van der Waals surface area (Å²) in [5.41, 5.74) is 2.16. The maximum Gasteiger partial charge on any atom is 0.337 e. The number of allylic oxidation sites excluding steroid dienone is 1. The Hall–Kier alpha value is -2.63. The fraction of sp³-hybridized carbons (Fsp3) is 0.294. The van der Waals surface area contributed by atoms with E-state index in [0.29, 0.717) is 22.7 Å². The van der Waals surface area contributed by atoms with Crippen molar-refractivity contribution in [1.29, 1.82) is 0 Å². The molecule has 6 heteroatoms. The van der Waals surface area contributed by atoms with Gasteiger partial charge in [0.05, 0.1) is 17.6 Å². The summed E-state index contributed by atoms with van der Waals surface area (Å²) in [6, 6.07) is 6.44. The fourth-order valence-electron chi connectivity index (χ4n) is 2.82. The van der Waals surface area contributed by atoms with Gasteiger partial charge in [0.15, 0.2) is 5.82 Å². The Morgan fingerprint density at radius 2 is 2.04 bits per heavy atom. The Kier molecular flexibility index (Phi) is 3.90. The van der Waals surface area contributed by atoms with Crippen LogP contribution in [0.1, 0.15) is 37.8 Å². The third kappa shape index (κ3) is 2.72. The highest BCUT2D eigenvalue weighted by atomic mass is 19.1. The summed E-state index contributed by atoms with van der Waals surface area (Å²) in [4.78, 5) is 12.6. The number of nitrogens with one attached hydrogen (secondary N) is 2. The van der Waals surface area contributed by atoms with Crippen LogP contribution in [0.3, 0.4) is 0 Å². The predicted molar refractivity (Wildman–Crippen MR) is 84.4 cm³/mol. The van der Waals surface area contributed by atoms with Gasteiger partial charge >= 0.3 is 5.97 Å². The van der Waals surface area contributed by atoms with Crippen LogP contribution in [0.15, 0.2) is 41.7 Å². The number of esters is 1. The summed E-state index contributed by atoms with van der Waals surface area (Å²) in [5, 5.41) is 9.97. The molecule has 0 aliphatic carbocycles. The average Bonchev–Trinajstić information content (AvgIpc) is 2.93. The number of ether oxygens (including phenoxy) is 1. The first-order valence-electron chi connectivity index (χ1n) is 7.46. The van der Waals surface area contributed by atoms with E-state index in [1.807, 2.05) is 0 Å². The van der Waals surface area contributed by atoms with Crippen molar-refractivity contribution < 1.29 is 13.9 Å². The van der Waals surface area contributed by atoms with E-state index in [0.717, 1.165) is 5.56 Å². The minimum absolute atomic E-state index is 0.255. The molecule has 0 radical (unpaired) electrons. The van der Waals surface area contributed by atoms with Crippen molar-refractivity contribution in [3.8, 4) is 0 Å². The minimum Gasteiger partial charge on any atom is -0.460 e. The van der Waals surface area contributed by atoms with E-state index in [4.69, 9.17) is 4.74 Å². The number of aromatic amines is 1. The molecule has 1 aliphatic heterocycles. The minimum atomic E-state index is -0.558. The third-order valence-corrected chi connectivity index (χ3v) is 3.76. The van der Waals surface area contributed by atoms with Crippen LogP contribution in [-0.4, -0.2) is 22.3 Å². The highest BCUT2D eigenvalue weighted by molar-refractivity contribution is 5.94. The van der Waals surface area contributed by atoms with Crippen LogP contribution < -0.4 is 5.32 Å². The van der Waals surface area contributed by atoms with Gasteiger partial charge in [-0.15, -0.1) is 0 Å². The molecule has 0 amide bonds. The van der Waals surface area contributed by atoms with E-state index in [1.54, 1.807) is 45.2 Å². The normalized spacial score (nSPS) is 17.0. The van der Waals surface area contributed by atoms with Crippen molar-refractivity contribution in [2.75, 3.05) is 5.32 Å². The SMILES string of the molecule is CC1=C(C(=O)OC(C)C)C(c2ccccc2F)c2c[nH]nc2N1. The first-order valence-corrected chi connectivity index (χ1v) is 7.46. The highest BCUT2D eigenvalue weighted by Crippen LogP contribution is 2.42. The van der Waals surface area contributed by atoms with E-state index >= 15 is 0 Å². The summed E-state index contributed by atoms with van der Waals surface area (Å²) in [5.74, 6) is -0.784. The van der Waals surface area contributed by atoms with Gasteiger partial charge in [-0.25, -0.2) is 9.18 Å². The quantitative estimate of drug-likeness (QED) is 0.853. The van der Waals surface area contributed by atoms with E-state index in [1.165, 1.54) is 6.07 Å². The number of nitrogens with zero attached hydrogens (tertiary/aromatic N) is 1. The number of aromatic nitrogens is 2. The van der Waals surface area contributed by atoms with E-state index in [-0.39, 0.29) is 11.9 Å². The molecule has 3 rings (SSSR count). The molecule has 0 saturated carbocycles. The number of hydrogen-bond acceptors (Lipinski definition) is 4. The van der Waals surface area contributed by atoms with Crippen LogP contribution in [-0.2, 0) is 9.53 Å². The largest absolute Gasteiger partial charge is 0.460 e. The lowest BCUT2D eigenvalue weighted by Crippen LogP contribution is -2.26. The number of carbonyl (C=O) groups is 1. The molecule has 2 N–H and O–H groups in total. The molecule has 2 heterocycles. The molecular formula is C17H18FN3O2. The fourth-order valence-corrected chi connectivity index (χ4v) is 2.82. The second-order valence-corrected chi connectivity index (χ2v) is 5.76. The van der Waals surface area contributed by atoms with Gasteiger partial charge in [0.1, 0.15) is 5.82 Å². The van der Waals surface area contributed by atoms with E-state index in [9.17, 15) is 9.18 Å². The number of carbonyl (C=O) groups excluding carboxylic acids is 1. The van der Waals surface area contributed by atoms with Crippen molar-refractivity contribution in [1.82, 2.24) is 10.2 Å². The Bertz CT molecular complexity index is 780. The summed E-state index contributed by atoms with van der Waals surface area (Å²) in [6.07, 6.45) is 1.42.